The summed E-state index contributed by atoms with van der Waals surface area (Å²) >= 11 is 6.07. The van der Waals surface area contributed by atoms with Crippen molar-refractivity contribution >= 4 is 17.3 Å². The molecule has 0 aliphatic carbocycles. The van der Waals surface area contributed by atoms with Gasteiger partial charge in [0.05, 0.1) is 10.7 Å². The summed E-state index contributed by atoms with van der Waals surface area (Å²) in [6.45, 7) is 0. The van der Waals surface area contributed by atoms with Gasteiger partial charge in [-0.15, -0.1) is 5.10 Å². The highest BCUT2D eigenvalue weighted by Crippen LogP contribution is 2.26. The number of nitrogen functional groups attached to an aromatic ring is 1. The number of tetrazole rings is 1. The smallest absolute Gasteiger partial charge is 0.187 e. The van der Waals surface area contributed by atoms with Gasteiger partial charge in [-0.3, -0.25) is 0 Å². The van der Waals surface area contributed by atoms with Crippen molar-refractivity contribution in [3.05, 3.63) is 53.3 Å². The van der Waals surface area contributed by atoms with Crippen LogP contribution in [-0.4, -0.2) is 20.2 Å². The lowest BCUT2D eigenvalue weighted by Gasteiger charge is -2.07. The Balaban J connectivity index is 2.18. The summed E-state index contributed by atoms with van der Waals surface area (Å²) in [5.74, 6) is 0.0169. The number of hydrogen-bond donors (Lipinski definition) is 1. The lowest BCUT2D eigenvalue weighted by Crippen LogP contribution is -2.01. The van der Waals surface area contributed by atoms with Gasteiger partial charge in [0.15, 0.2) is 5.82 Å². The van der Waals surface area contributed by atoms with E-state index in [1.165, 1.54) is 22.9 Å². The van der Waals surface area contributed by atoms with E-state index in [0.29, 0.717) is 22.2 Å². The fraction of sp³-hybridized carbons (Fsp3) is 0. The molecule has 2 aromatic carbocycles. The van der Waals surface area contributed by atoms with Crippen LogP contribution >= 0.6 is 11.6 Å². The monoisotopic (exact) mass is 289 g/mol. The minimum absolute atomic E-state index is 0.351. The third-order valence-corrected chi connectivity index (χ3v) is 3.07. The number of nitrogens with two attached hydrogens (primary N) is 1. The maximum absolute atomic E-state index is 13.4. The number of aromatic nitrogens is 4. The molecule has 0 bridgehead atoms. The molecule has 3 aromatic rings. The molecule has 20 heavy (non-hydrogen) atoms. The molecular formula is C13H9ClFN5. The largest absolute Gasteiger partial charge is 0.399 e. The Kier molecular flexibility index (Phi) is 3.08. The van der Waals surface area contributed by atoms with E-state index in [1.54, 1.807) is 18.2 Å². The molecule has 1 heterocycles. The van der Waals surface area contributed by atoms with Crippen molar-refractivity contribution in [2.24, 2.45) is 0 Å². The summed E-state index contributed by atoms with van der Waals surface area (Å²) in [5.41, 5.74) is 7.42. The SMILES string of the molecule is Nc1cccc(-c2nnnn2-c2cc(F)ccc2Cl)c1. The van der Waals surface area contributed by atoms with Crippen LogP contribution < -0.4 is 5.73 Å². The zero-order valence-electron chi connectivity index (χ0n) is 10.2. The maximum atomic E-state index is 13.4. The predicted octanol–water partition coefficient (Wildman–Crippen LogP) is 2.70. The van der Waals surface area contributed by atoms with Crippen LogP contribution in [0.1, 0.15) is 0 Å². The van der Waals surface area contributed by atoms with Crippen molar-refractivity contribution in [3.63, 3.8) is 0 Å². The Bertz CT molecular complexity index is 771. The van der Waals surface area contributed by atoms with Crippen molar-refractivity contribution in [1.82, 2.24) is 20.2 Å². The van der Waals surface area contributed by atoms with E-state index in [-0.39, 0.29) is 0 Å². The summed E-state index contributed by atoms with van der Waals surface area (Å²) in [4.78, 5) is 0. The molecule has 5 nitrogen and oxygen atoms in total. The fourth-order valence-corrected chi connectivity index (χ4v) is 2.05. The second-order valence-corrected chi connectivity index (χ2v) is 4.54. The van der Waals surface area contributed by atoms with Crippen molar-refractivity contribution in [1.29, 1.82) is 0 Å². The molecule has 0 saturated carbocycles. The van der Waals surface area contributed by atoms with Crippen molar-refractivity contribution < 1.29 is 4.39 Å². The predicted molar refractivity (Wildman–Crippen MR) is 74.0 cm³/mol. The summed E-state index contributed by atoms with van der Waals surface area (Å²) < 4.78 is 14.8. The lowest BCUT2D eigenvalue weighted by atomic mass is 10.2. The molecule has 0 aliphatic heterocycles. The van der Waals surface area contributed by atoms with Crippen LogP contribution in [0.5, 0.6) is 0 Å². The number of nitrogens with zero attached hydrogens (tertiary/aromatic N) is 4. The highest BCUT2D eigenvalue weighted by atomic mass is 35.5. The van der Waals surface area contributed by atoms with Crippen LogP contribution in [0, 0.1) is 5.82 Å². The Hall–Kier alpha value is -2.47. The van der Waals surface area contributed by atoms with Crippen molar-refractivity contribution in [3.8, 4) is 17.1 Å². The van der Waals surface area contributed by atoms with Gasteiger partial charge in [0.1, 0.15) is 5.82 Å². The van der Waals surface area contributed by atoms with Gasteiger partial charge in [0.25, 0.3) is 0 Å². The first kappa shape index (κ1) is 12.6. The zero-order valence-corrected chi connectivity index (χ0v) is 10.9. The van der Waals surface area contributed by atoms with Gasteiger partial charge in [-0.1, -0.05) is 23.7 Å². The molecule has 0 saturated heterocycles. The molecule has 100 valence electrons. The normalized spacial score (nSPS) is 10.7. The van der Waals surface area contributed by atoms with E-state index in [2.05, 4.69) is 15.5 Å². The van der Waals surface area contributed by atoms with Gasteiger partial charge >= 0.3 is 0 Å². The Morgan fingerprint density at radius 3 is 2.80 bits per heavy atom. The van der Waals surface area contributed by atoms with Gasteiger partial charge < -0.3 is 5.73 Å². The Morgan fingerprint density at radius 2 is 2.00 bits per heavy atom. The summed E-state index contributed by atoms with van der Waals surface area (Å²) in [7, 11) is 0. The third kappa shape index (κ3) is 2.21. The second-order valence-electron chi connectivity index (χ2n) is 4.14. The molecule has 0 spiro atoms. The van der Waals surface area contributed by atoms with Crippen LogP contribution in [0.25, 0.3) is 17.1 Å². The number of anilines is 1. The van der Waals surface area contributed by atoms with Crippen LogP contribution in [0.2, 0.25) is 5.02 Å². The summed E-state index contributed by atoms with van der Waals surface area (Å²) in [5, 5.41) is 11.8. The molecule has 0 fully saturated rings. The van der Waals surface area contributed by atoms with Crippen LogP contribution in [0.15, 0.2) is 42.5 Å². The first-order valence-corrected chi connectivity index (χ1v) is 6.12. The minimum Gasteiger partial charge on any atom is -0.399 e. The summed E-state index contributed by atoms with van der Waals surface area (Å²) in [6.07, 6.45) is 0. The molecule has 0 amide bonds. The van der Waals surface area contributed by atoms with E-state index >= 15 is 0 Å². The summed E-state index contributed by atoms with van der Waals surface area (Å²) in [6, 6.07) is 11.1. The highest BCUT2D eigenvalue weighted by Gasteiger charge is 2.14. The average Bonchev–Trinajstić information content (AvgIpc) is 2.90. The number of halogens is 2. The van der Waals surface area contributed by atoms with E-state index in [9.17, 15) is 4.39 Å². The molecule has 0 radical (unpaired) electrons. The van der Waals surface area contributed by atoms with E-state index in [4.69, 9.17) is 17.3 Å². The molecule has 1 aromatic heterocycles. The fourth-order valence-electron chi connectivity index (χ4n) is 1.86. The Labute approximate surface area is 118 Å². The van der Waals surface area contributed by atoms with E-state index < -0.39 is 5.82 Å². The Morgan fingerprint density at radius 1 is 1.15 bits per heavy atom. The van der Waals surface area contributed by atoms with Gasteiger partial charge in [0.2, 0.25) is 0 Å². The maximum Gasteiger partial charge on any atom is 0.187 e. The quantitative estimate of drug-likeness (QED) is 0.736. The van der Waals surface area contributed by atoms with Crippen LogP contribution in [-0.2, 0) is 0 Å². The van der Waals surface area contributed by atoms with Crippen LogP contribution in [0.3, 0.4) is 0 Å². The molecule has 7 heteroatoms. The number of hydrogen-bond acceptors (Lipinski definition) is 4. The van der Waals surface area contributed by atoms with Crippen molar-refractivity contribution in [2.75, 3.05) is 5.73 Å². The lowest BCUT2D eigenvalue weighted by molar-refractivity contribution is 0.625. The number of rotatable bonds is 2. The van der Waals surface area contributed by atoms with Gasteiger partial charge in [-0.2, -0.15) is 4.68 Å². The third-order valence-electron chi connectivity index (χ3n) is 2.75. The topological polar surface area (TPSA) is 69.6 Å². The number of benzene rings is 2. The van der Waals surface area contributed by atoms with Gasteiger partial charge in [0, 0.05) is 17.3 Å². The van der Waals surface area contributed by atoms with Crippen LogP contribution in [0.4, 0.5) is 10.1 Å². The molecular weight excluding hydrogens is 281 g/mol. The molecule has 0 unspecified atom stereocenters. The van der Waals surface area contributed by atoms with Crippen molar-refractivity contribution in [2.45, 2.75) is 0 Å². The molecule has 2 N–H and O–H groups in total. The highest BCUT2D eigenvalue weighted by molar-refractivity contribution is 6.32. The van der Waals surface area contributed by atoms with E-state index in [1.807, 2.05) is 6.07 Å². The average molecular weight is 290 g/mol. The molecule has 0 aliphatic rings. The minimum atomic E-state index is -0.418. The van der Waals surface area contributed by atoms with Gasteiger partial charge in [-0.05, 0) is 34.7 Å². The second kappa shape index (κ2) is 4.90. The first-order valence-electron chi connectivity index (χ1n) is 5.75. The van der Waals surface area contributed by atoms with Gasteiger partial charge in [-0.25, -0.2) is 4.39 Å². The molecule has 0 atom stereocenters. The molecule has 3 rings (SSSR count). The first-order chi connectivity index (χ1) is 9.65. The van der Waals surface area contributed by atoms with E-state index in [0.717, 1.165) is 5.56 Å². The standard InChI is InChI=1S/C13H9ClFN5/c14-11-5-4-9(15)7-12(11)20-13(17-18-19-20)8-2-1-3-10(16)6-8/h1-7H,16H2. The zero-order chi connectivity index (χ0) is 14.1.